The Morgan fingerprint density at radius 3 is 2.63 bits per heavy atom. The van der Waals surface area contributed by atoms with Crippen molar-refractivity contribution < 1.29 is 18.4 Å². The van der Waals surface area contributed by atoms with E-state index < -0.39 is 34.6 Å². The molecule has 186 valence electrons. The maximum atomic E-state index is 15.2. The maximum Gasteiger partial charge on any atom is 0.274 e. The zero-order valence-corrected chi connectivity index (χ0v) is 21.3. The third-order valence-corrected chi connectivity index (χ3v) is 7.52. The summed E-state index contributed by atoms with van der Waals surface area (Å²) >= 11 is 6.99. The molecule has 35 heavy (non-hydrogen) atoms. The van der Waals surface area contributed by atoms with Crippen LogP contribution in [0.1, 0.15) is 29.9 Å². The van der Waals surface area contributed by atoms with Gasteiger partial charge in [-0.1, -0.05) is 36.4 Å². The van der Waals surface area contributed by atoms with Gasteiger partial charge in [0.25, 0.3) is 5.91 Å². The second kappa shape index (κ2) is 10.3. The number of likely N-dealkylation sites (N-methyl/N-ethyl adjacent to an activating group) is 1. The molecule has 3 atom stereocenters. The number of nitrogens with one attached hydrogen (secondary N) is 1. The summed E-state index contributed by atoms with van der Waals surface area (Å²) < 4.78 is 29.1. The van der Waals surface area contributed by atoms with Crippen LogP contribution in [-0.2, 0) is 10.3 Å². The molecule has 0 spiro atoms. The van der Waals surface area contributed by atoms with Crippen LogP contribution in [-0.4, -0.2) is 52.4 Å². The van der Waals surface area contributed by atoms with Crippen LogP contribution in [0.3, 0.4) is 0 Å². The highest BCUT2D eigenvalue weighted by Gasteiger charge is 2.52. The Bertz CT molecular complexity index is 1190. The van der Waals surface area contributed by atoms with Crippen LogP contribution in [0.4, 0.5) is 14.5 Å². The van der Waals surface area contributed by atoms with Gasteiger partial charge in [0.2, 0.25) is 5.91 Å². The number of alkyl halides is 1. The van der Waals surface area contributed by atoms with Gasteiger partial charge >= 0.3 is 0 Å². The van der Waals surface area contributed by atoms with Crippen molar-refractivity contribution in [2.24, 2.45) is 16.6 Å². The minimum absolute atomic E-state index is 0.0591. The number of aromatic nitrogens is 1. The first-order chi connectivity index (χ1) is 16.4. The predicted octanol–water partition coefficient (Wildman–Crippen LogP) is 4.39. The molecule has 0 aliphatic carbocycles. The third-order valence-electron chi connectivity index (χ3n) is 6.06. The lowest BCUT2D eigenvalue weighted by atomic mass is 9.73. The molecule has 3 rings (SSSR count). The van der Waals surface area contributed by atoms with Crippen LogP contribution in [0, 0.1) is 11.7 Å². The minimum atomic E-state index is -1.68. The molecule has 0 radical (unpaired) electrons. The Morgan fingerprint density at radius 1 is 1.31 bits per heavy atom. The molecule has 3 N–H and O–H groups in total. The van der Waals surface area contributed by atoms with Gasteiger partial charge in [0.05, 0.1) is 5.02 Å². The maximum absolute atomic E-state index is 15.2. The van der Waals surface area contributed by atoms with E-state index in [1.807, 2.05) is 0 Å². The molecule has 1 aliphatic rings. The van der Waals surface area contributed by atoms with Crippen molar-refractivity contribution in [3.8, 4) is 0 Å². The molecule has 0 saturated heterocycles. The third kappa shape index (κ3) is 5.48. The fourth-order valence-corrected chi connectivity index (χ4v) is 5.10. The average Bonchev–Trinajstić information content (AvgIpc) is 2.81. The second-order valence-corrected chi connectivity index (χ2v) is 10.5. The van der Waals surface area contributed by atoms with Crippen molar-refractivity contribution in [3.63, 3.8) is 0 Å². The van der Waals surface area contributed by atoms with Crippen LogP contribution in [0.15, 0.2) is 53.7 Å². The number of pyridine rings is 1. The number of hydrogen-bond donors (Lipinski definition) is 2. The molecule has 2 aromatic rings. The standard InChI is InChI=1S/C24H26ClF2N5O2S/c1-14-23(2,10-9-20(33)32(3)4)35-22(28)31-24(14,13-26)17-11-16(6-7-18(17)27)30-21(34)19-8-5-15(25)12-29-19/h5-12,14H,13H2,1-4H3,(H2,28,31)(H,30,34)/b10-9+/t14-,23-,24+/m1/s1. The van der Waals surface area contributed by atoms with Crippen molar-refractivity contribution in [3.05, 3.63) is 70.8 Å². The fraction of sp³-hybridized carbons (Fsp3) is 0.333. The zero-order chi connectivity index (χ0) is 26.0. The number of carbonyl (C=O) groups excluding carboxylic acids is 2. The molecular formula is C24H26ClF2N5O2S. The molecule has 1 aliphatic heterocycles. The topological polar surface area (TPSA) is 101 Å². The number of nitrogens with two attached hydrogens (primary N) is 1. The molecule has 0 unspecified atom stereocenters. The molecule has 0 fully saturated rings. The van der Waals surface area contributed by atoms with Crippen LogP contribution in [0.2, 0.25) is 5.02 Å². The monoisotopic (exact) mass is 521 g/mol. The van der Waals surface area contributed by atoms with Crippen LogP contribution in [0.25, 0.3) is 0 Å². The van der Waals surface area contributed by atoms with Gasteiger partial charge in [-0.25, -0.2) is 18.8 Å². The lowest BCUT2D eigenvalue weighted by Gasteiger charge is -2.46. The summed E-state index contributed by atoms with van der Waals surface area (Å²) in [6.07, 6.45) is 4.36. The van der Waals surface area contributed by atoms with Gasteiger partial charge in [-0.15, -0.1) is 0 Å². The molecule has 11 heteroatoms. The van der Waals surface area contributed by atoms with Gasteiger partial charge in [0, 0.05) is 48.3 Å². The highest BCUT2D eigenvalue weighted by atomic mass is 35.5. The molecule has 2 heterocycles. The summed E-state index contributed by atoms with van der Waals surface area (Å²) in [5, 5.41) is 3.08. The van der Waals surface area contributed by atoms with Gasteiger partial charge in [-0.2, -0.15) is 0 Å². The smallest absolute Gasteiger partial charge is 0.274 e. The van der Waals surface area contributed by atoms with E-state index in [-0.39, 0.29) is 28.0 Å². The SMILES string of the molecule is C[C@@H]1[C@@](C)(/C=C/C(=O)N(C)C)SC(N)=N[C@]1(CF)c1cc(NC(=O)c2ccc(Cl)cn2)ccc1F. The number of nitrogens with zero attached hydrogens (tertiary/aromatic N) is 3. The fourth-order valence-electron chi connectivity index (χ4n) is 3.82. The number of rotatable bonds is 6. The Morgan fingerprint density at radius 2 is 2.03 bits per heavy atom. The van der Waals surface area contributed by atoms with E-state index in [1.165, 1.54) is 53.2 Å². The summed E-state index contributed by atoms with van der Waals surface area (Å²) in [6, 6.07) is 6.82. The van der Waals surface area contributed by atoms with Crippen LogP contribution < -0.4 is 11.1 Å². The average molecular weight is 522 g/mol. The van der Waals surface area contributed by atoms with Gasteiger partial charge in [0.1, 0.15) is 23.7 Å². The summed E-state index contributed by atoms with van der Waals surface area (Å²) in [5.41, 5.74) is 4.69. The number of anilines is 1. The van der Waals surface area contributed by atoms with Crippen molar-refractivity contribution in [2.75, 3.05) is 26.1 Å². The number of benzene rings is 1. The van der Waals surface area contributed by atoms with Gasteiger partial charge < -0.3 is 16.0 Å². The lowest BCUT2D eigenvalue weighted by molar-refractivity contribution is -0.123. The minimum Gasteiger partial charge on any atom is -0.378 e. The predicted molar refractivity (Wildman–Crippen MR) is 136 cm³/mol. The van der Waals surface area contributed by atoms with Gasteiger partial charge in [0.15, 0.2) is 5.17 Å². The van der Waals surface area contributed by atoms with Crippen molar-refractivity contribution >= 4 is 46.0 Å². The Balaban J connectivity index is 2.02. The molecule has 1 aromatic carbocycles. The van der Waals surface area contributed by atoms with Crippen molar-refractivity contribution in [1.29, 1.82) is 0 Å². The van der Waals surface area contributed by atoms with Crippen molar-refractivity contribution in [1.82, 2.24) is 9.88 Å². The first-order valence-electron chi connectivity index (χ1n) is 10.7. The summed E-state index contributed by atoms with van der Waals surface area (Å²) in [4.78, 5) is 34.5. The Kier molecular flexibility index (Phi) is 7.86. The Hall–Kier alpha value is -2.98. The van der Waals surface area contributed by atoms with E-state index in [2.05, 4.69) is 15.3 Å². The zero-order valence-electron chi connectivity index (χ0n) is 19.7. The molecule has 0 bridgehead atoms. The second-order valence-electron chi connectivity index (χ2n) is 8.59. The van der Waals surface area contributed by atoms with Gasteiger partial charge in [-0.05, 0) is 37.3 Å². The summed E-state index contributed by atoms with van der Waals surface area (Å²) in [6.45, 7) is 2.48. The normalized spacial score (nSPS) is 24.2. The Labute approximate surface area is 211 Å². The quantitative estimate of drug-likeness (QED) is 0.549. The van der Waals surface area contributed by atoms with E-state index in [4.69, 9.17) is 17.3 Å². The van der Waals surface area contributed by atoms with E-state index in [0.717, 1.165) is 6.07 Å². The number of halogens is 3. The van der Waals surface area contributed by atoms with E-state index in [0.29, 0.717) is 5.02 Å². The number of amides is 2. The van der Waals surface area contributed by atoms with Crippen LogP contribution in [0.5, 0.6) is 0 Å². The number of amidine groups is 1. The molecule has 1 aromatic heterocycles. The molecule has 2 amide bonds. The number of carbonyl (C=O) groups is 2. The first-order valence-corrected chi connectivity index (χ1v) is 11.8. The van der Waals surface area contributed by atoms with Crippen LogP contribution >= 0.6 is 23.4 Å². The number of aliphatic imine (C=N–C) groups is 1. The lowest BCUT2D eigenvalue weighted by Crippen LogP contribution is -2.50. The highest BCUT2D eigenvalue weighted by Crippen LogP contribution is 2.51. The first kappa shape index (κ1) is 26.6. The summed E-state index contributed by atoms with van der Waals surface area (Å²) in [7, 11) is 3.23. The van der Waals surface area contributed by atoms with E-state index in [1.54, 1.807) is 34.0 Å². The molecular weight excluding hydrogens is 496 g/mol. The molecule has 0 saturated carbocycles. The number of hydrogen-bond acceptors (Lipinski definition) is 6. The van der Waals surface area contributed by atoms with Crippen molar-refractivity contribution in [2.45, 2.75) is 24.1 Å². The number of thioether (sulfide) groups is 1. The van der Waals surface area contributed by atoms with E-state index >= 15 is 4.39 Å². The van der Waals surface area contributed by atoms with Gasteiger partial charge in [-0.3, -0.25) is 9.59 Å². The molecule has 7 nitrogen and oxygen atoms in total. The summed E-state index contributed by atoms with van der Waals surface area (Å²) in [5.74, 6) is -2.12. The largest absolute Gasteiger partial charge is 0.378 e. The van der Waals surface area contributed by atoms with E-state index in [9.17, 15) is 14.0 Å². The highest BCUT2D eigenvalue weighted by molar-refractivity contribution is 8.15.